The van der Waals surface area contributed by atoms with Gasteiger partial charge in [-0.05, 0) is 41.3 Å². The highest BCUT2D eigenvalue weighted by Crippen LogP contribution is 2.36. The number of hydrogen-bond acceptors (Lipinski definition) is 6. The minimum absolute atomic E-state index is 0. The molecule has 1 amide bonds. The number of carbonyl (C=O) groups excluding carboxylic acids is 1. The van der Waals surface area contributed by atoms with Crippen molar-refractivity contribution in [3.8, 4) is 5.75 Å². The first-order chi connectivity index (χ1) is 17.1. The Balaban J connectivity index is 0.00000304. The van der Waals surface area contributed by atoms with Gasteiger partial charge >= 0.3 is 0 Å². The molecule has 1 saturated heterocycles. The molecule has 0 saturated carbocycles. The Hall–Kier alpha value is -2.71. The van der Waals surface area contributed by atoms with Gasteiger partial charge in [-0.15, -0.1) is 12.4 Å². The summed E-state index contributed by atoms with van der Waals surface area (Å²) < 4.78 is 12.1. The summed E-state index contributed by atoms with van der Waals surface area (Å²) in [6.07, 6.45) is 1.22. The monoisotopic (exact) mass is 525 g/mol. The largest absolute Gasteiger partial charge is 0.494 e. The lowest BCUT2D eigenvalue weighted by molar-refractivity contribution is -0.118. The molecule has 0 radical (unpaired) electrons. The van der Waals surface area contributed by atoms with Crippen molar-refractivity contribution in [2.45, 2.75) is 19.8 Å². The maximum atomic E-state index is 13.8. The first-order valence-corrected chi connectivity index (χ1v) is 13.0. The number of carbonyl (C=O) groups is 1. The molecule has 190 valence electrons. The van der Waals surface area contributed by atoms with Gasteiger partial charge in [0.15, 0.2) is 5.13 Å². The number of nitrogens with zero attached hydrogens (tertiary/aromatic N) is 3. The maximum Gasteiger partial charge on any atom is 0.233 e. The molecule has 0 aliphatic carbocycles. The van der Waals surface area contributed by atoms with E-state index in [1.807, 2.05) is 35.2 Å². The molecule has 1 fully saturated rings. The number of aryl methyl sites for hydroxylation is 1. The van der Waals surface area contributed by atoms with Crippen LogP contribution in [0.2, 0.25) is 0 Å². The van der Waals surface area contributed by atoms with E-state index in [0.29, 0.717) is 13.0 Å². The Morgan fingerprint density at radius 3 is 2.69 bits per heavy atom. The molecule has 5 rings (SSSR count). The predicted molar refractivity (Wildman–Crippen MR) is 150 cm³/mol. The SMILES string of the molecule is COc1ccc(C)c2sc(N(CCCN3CCOCC3)C(=O)Cc3cccc4ccccc34)nc12.Cl. The van der Waals surface area contributed by atoms with Crippen molar-refractivity contribution in [2.75, 3.05) is 51.4 Å². The molecule has 0 N–H and O–H groups in total. The number of benzene rings is 3. The third kappa shape index (κ3) is 5.65. The molecular formula is C28H32ClN3O3S. The molecule has 8 heteroatoms. The highest BCUT2D eigenvalue weighted by atomic mass is 35.5. The Bertz CT molecular complexity index is 1330. The molecule has 0 atom stereocenters. The first kappa shape index (κ1) is 26.4. The van der Waals surface area contributed by atoms with Crippen LogP contribution in [0.1, 0.15) is 17.5 Å². The molecule has 4 aromatic rings. The summed E-state index contributed by atoms with van der Waals surface area (Å²) in [5.41, 5.74) is 3.00. The highest BCUT2D eigenvalue weighted by molar-refractivity contribution is 7.22. The average Bonchev–Trinajstić information content (AvgIpc) is 3.34. The molecule has 1 aliphatic rings. The molecule has 3 aromatic carbocycles. The number of aromatic nitrogens is 1. The van der Waals surface area contributed by atoms with E-state index < -0.39 is 0 Å². The van der Waals surface area contributed by atoms with Crippen LogP contribution >= 0.6 is 23.7 Å². The second-order valence-electron chi connectivity index (χ2n) is 8.93. The van der Waals surface area contributed by atoms with Gasteiger partial charge in [0.2, 0.25) is 5.91 Å². The molecule has 2 heterocycles. The number of morpholine rings is 1. The van der Waals surface area contributed by atoms with Crippen molar-refractivity contribution in [1.82, 2.24) is 9.88 Å². The number of hydrogen-bond donors (Lipinski definition) is 0. The lowest BCUT2D eigenvalue weighted by Crippen LogP contribution is -2.39. The zero-order valence-electron chi connectivity index (χ0n) is 20.7. The molecule has 36 heavy (non-hydrogen) atoms. The van der Waals surface area contributed by atoms with Gasteiger partial charge in [0, 0.05) is 26.2 Å². The summed E-state index contributed by atoms with van der Waals surface area (Å²) in [5, 5.41) is 3.01. The van der Waals surface area contributed by atoms with Crippen LogP contribution in [0.25, 0.3) is 21.0 Å². The Kier molecular flexibility index (Phi) is 8.80. The van der Waals surface area contributed by atoms with Gasteiger partial charge < -0.3 is 9.47 Å². The van der Waals surface area contributed by atoms with Crippen molar-refractivity contribution in [1.29, 1.82) is 0 Å². The first-order valence-electron chi connectivity index (χ1n) is 12.2. The Morgan fingerprint density at radius 2 is 1.89 bits per heavy atom. The number of thiazole rings is 1. The minimum Gasteiger partial charge on any atom is -0.494 e. The van der Waals surface area contributed by atoms with Crippen molar-refractivity contribution < 1.29 is 14.3 Å². The second kappa shape index (κ2) is 12.0. The van der Waals surface area contributed by atoms with E-state index in [9.17, 15) is 4.79 Å². The van der Waals surface area contributed by atoms with Gasteiger partial charge in [0.05, 0.1) is 31.4 Å². The quantitative estimate of drug-likeness (QED) is 0.304. The fraction of sp³-hybridized carbons (Fsp3) is 0.357. The van der Waals surface area contributed by atoms with E-state index in [0.717, 1.165) is 82.3 Å². The third-order valence-electron chi connectivity index (χ3n) is 6.63. The standard InChI is InChI=1S/C28H31N3O3S.ClH/c1-20-11-12-24(33-2)26-27(20)35-28(29-26)31(14-6-13-30-15-17-34-18-16-30)25(32)19-22-9-5-8-21-7-3-4-10-23(21)22;/h3-5,7-12H,6,13-19H2,1-2H3;1H. The molecule has 6 nitrogen and oxygen atoms in total. The van der Waals surface area contributed by atoms with Gasteiger partial charge in [-0.25, -0.2) is 4.98 Å². The molecule has 0 bridgehead atoms. The number of methoxy groups -OCH3 is 1. The van der Waals surface area contributed by atoms with Gasteiger partial charge in [-0.1, -0.05) is 59.9 Å². The normalized spacial score (nSPS) is 14.1. The molecule has 0 unspecified atom stereocenters. The summed E-state index contributed by atoms with van der Waals surface area (Å²) in [7, 11) is 1.66. The Labute approximate surface area is 222 Å². The predicted octanol–water partition coefficient (Wildman–Crippen LogP) is 5.49. The van der Waals surface area contributed by atoms with Gasteiger partial charge in [0.25, 0.3) is 0 Å². The van der Waals surface area contributed by atoms with Crippen LogP contribution in [-0.4, -0.2) is 62.3 Å². The van der Waals surface area contributed by atoms with Crippen molar-refractivity contribution >= 4 is 55.8 Å². The smallest absolute Gasteiger partial charge is 0.233 e. The zero-order chi connectivity index (χ0) is 24.2. The Morgan fingerprint density at radius 1 is 1.11 bits per heavy atom. The summed E-state index contributed by atoms with van der Waals surface area (Å²) in [6, 6.07) is 18.4. The van der Waals surface area contributed by atoms with E-state index in [4.69, 9.17) is 14.5 Å². The molecule has 1 aliphatic heterocycles. The van der Waals surface area contributed by atoms with Crippen LogP contribution in [0.4, 0.5) is 5.13 Å². The number of amides is 1. The fourth-order valence-corrected chi connectivity index (χ4v) is 5.78. The van der Waals surface area contributed by atoms with Crippen LogP contribution in [0, 0.1) is 6.92 Å². The van der Waals surface area contributed by atoms with Crippen molar-refractivity contribution in [3.63, 3.8) is 0 Å². The van der Waals surface area contributed by atoms with Crippen LogP contribution in [0.3, 0.4) is 0 Å². The summed E-state index contributed by atoms with van der Waals surface area (Å²) >= 11 is 1.57. The van der Waals surface area contributed by atoms with Gasteiger partial charge in [0.1, 0.15) is 11.3 Å². The van der Waals surface area contributed by atoms with Crippen LogP contribution < -0.4 is 9.64 Å². The highest BCUT2D eigenvalue weighted by Gasteiger charge is 2.23. The summed E-state index contributed by atoms with van der Waals surface area (Å²) in [5.74, 6) is 0.807. The van der Waals surface area contributed by atoms with Crippen molar-refractivity contribution in [3.05, 3.63) is 65.7 Å². The summed E-state index contributed by atoms with van der Waals surface area (Å²) in [4.78, 5) is 23.0. The van der Waals surface area contributed by atoms with E-state index in [-0.39, 0.29) is 18.3 Å². The van der Waals surface area contributed by atoms with Crippen LogP contribution in [0.5, 0.6) is 5.75 Å². The van der Waals surface area contributed by atoms with Crippen molar-refractivity contribution in [2.24, 2.45) is 0 Å². The lowest BCUT2D eigenvalue weighted by atomic mass is 10.0. The molecule has 1 aromatic heterocycles. The molecular weight excluding hydrogens is 494 g/mol. The maximum absolute atomic E-state index is 13.8. The third-order valence-corrected chi connectivity index (χ3v) is 7.84. The van der Waals surface area contributed by atoms with Crippen LogP contribution in [0.15, 0.2) is 54.6 Å². The number of halogens is 1. The molecule has 0 spiro atoms. The number of fused-ring (bicyclic) bond motifs is 2. The fourth-order valence-electron chi connectivity index (χ4n) is 4.69. The van der Waals surface area contributed by atoms with E-state index >= 15 is 0 Å². The van der Waals surface area contributed by atoms with E-state index in [2.05, 4.69) is 36.1 Å². The minimum atomic E-state index is 0. The number of ether oxygens (including phenoxy) is 2. The van der Waals surface area contributed by atoms with Gasteiger partial charge in [-0.3, -0.25) is 14.6 Å². The second-order valence-corrected chi connectivity index (χ2v) is 9.90. The lowest BCUT2D eigenvalue weighted by Gasteiger charge is -2.27. The number of anilines is 1. The number of rotatable bonds is 8. The average molecular weight is 526 g/mol. The summed E-state index contributed by atoms with van der Waals surface area (Å²) in [6.45, 7) is 7.09. The van der Waals surface area contributed by atoms with Gasteiger partial charge in [-0.2, -0.15) is 0 Å². The van der Waals surface area contributed by atoms with E-state index in [1.165, 1.54) is 0 Å². The topological polar surface area (TPSA) is 54.9 Å². The zero-order valence-corrected chi connectivity index (χ0v) is 22.4. The van der Waals surface area contributed by atoms with E-state index in [1.54, 1.807) is 18.4 Å². The van der Waals surface area contributed by atoms with Crippen LogP contribution in [-0.2, 0) is 16.0 Å².